The van der Waals surface area contributed by atoms with E-state index in [1.165, 1.54) is 0 Å². The summed E-state index contributed by atoms with van der Waals surface area (Å²) in [6.45, 7) is -0.0986. The van der Waals surface area contributed by atoms with Gasteiger partial charge < -0.3 is 10.8 Å². The first-order valence-electron chi connectivity index (χ1n) is 5.12. The monoisotopic (exact) mass is 257 g/mol. The molecule has 0 fully saturated rings. The zero-order valence-electron chi connectivity index (χ0n) is 9.33. The summed E-state index contributed by atoms with van der Waals surface area (Å²) in [5.41, 5.74) is 6.09. The zero-order valence-corrected chi connectivity index (χ0v) is 10.2. The molecule has 0 aliphatic carbocycles. The Morgan fingerprint density at radius 1 is 1.24 bits per heavy atom. The number of nitrogens with two attached hydrogens (primary N) is 1. The molecule has 1 rings (SSSR count). The van der Waals surface area contributed by atoms with E-state index in [4.69, 9.17) is 10.8 Å². The lowest BCUT2D eigenvalue weighted by Gasteiger charge is -2.10. The molecule has 0 radical (unpaired) electrons. The Labute approximate surface area is 106 Å². The smallest absolute Gasteiger partial charge is 0.307 e. The van der Waals surface area contributed by atoms with Gasteiger partial charge >= 0.3 is 5.97 Å². The lowest BCUT2D eigenvalue weighted by molar-refractivity contribution is -0.143. The number of carboxylic acid groups (broad SMARTS) is 1. The minimum Gasteiger partial charge on any atom is -0.481 e. The number of ketones is 1. The van der Waals surface area contributed by atoms with Crippen molar-refractivity contribution in [1.82, 2.24) is 0 Å². The van der Waals surface area contributed by atoms with Crippen molar-refractivity contribution >= 4 is 24.2 Å². The molecule has 1 aromatic rings. The Bertz CT molecular complexity index is 367. The number of aliphatic carboxylic acids is 1. The van der Waals surface area contributed by atoms with Gasteiger partial charge in [-0.25, -0.2) is 0 Å². The molecule has 94 valence electrons. The predicted octanol–water partition coefficient (Wildman–Crippen LogP) is 1.27. The van der Waals surface area contributed by atoms with Gasteiger partial charge in [0, 0.05) is 6.42 Å². The number of rotatable bonds is 6. The number of carbonyl (C=O) groups excluding carboxylic acids is 1. The first kappa shape index (κ1) is 15.6. The van der Waals surface area contributed by atoms with E-state index in [0.29, 0.717) is 6.42 Å². The van der Waals surface area contributed by atoms with Crippen molar-refractivity contribution in [2.45, 2.75) is 12.8 Å². The number of hydrogen-bond acceptors (Lipinski definition) is 3. The molecule has 1 unspecified atom stereocenters. The number of carbonyl (C=O) groups is 2. The van der Waals surface area contributed by atoms with E-state index in [2.05, 4.69) is 0 Å². The number of benzene rings is 1. The molecule has 0 saturated carbocycles. The van der Waals surface area contributed by atoms with Gasteiger partial charge in [0.1, 0.15) is 5.78 Å². The minimum absolute atomic E-state index is 0. The third-order valence-corrected chi connectivity index (χ3v) is 2.38. The van der Waals surface area contributed by atoms with Crippen LogP contribution in [0.4, 0.5) is 0 Å². The van der Waals surface area contributed by atoms with E-state index >= 15 is 0 Å². The molecule has 0 bridgehead atoms. The van der Waals surface area contributed by atoms with Crippen molar-refractivity contribution < 1.29 is 14.7 Å². The van der Waals surface area contributed by atoms with Crippen molar-refractivity contribution in [3.05, 3.63) is 35.9 Å². The Hall–Kier alpha value is -1.39. The van der Waals surface area contributed by atoms with Crippen LogP contribution in [0.1, 0.15) is 12.0 Å². The van der Waals surface area contributed by atoms with Crippen molar-refractivity contribution in [2.24, 2.45) is 11.7 Å². The van der Waals surface area contributed by atoms with Gasteiger partial charge in [-0.05, 0) is 12.0 Å². The second-order valence-corrected chi connectivity index (χ2v) is 3.67. The highest BCUT2D eigenvalue weighted by atomic mass is 35.5. The molecule has 1 atom stereocenters. The molecule has 1 aromatic carbocycles. The van der Waals surface area contributed by atoms with Crippen molar-refractivity contribution in [3.63, 3.8) is 0 Å². The third kappa shape index (κ3) is 5.47. The average molecular weight is 258 g/mol. The minimum atomic E-state index is -0.953. The van der Waals surface area contributed by atoms with Crippen LogP contribution < -0.4 is 5.73 Å². The van der Waals surface area contributed by atoms with Crippen LogP contribution >= 0.6 is 12.4 Å². The molecule has 5 heteroatoms. The highest BCUT2D eigenvalue weighted by Gasteiger charge is 2.20. The van der Waals surface area contributed by atoms with Gasteiger partial charge in [0.25, 0.3) is 0 Å². The van der Waals surface area contributed by atoms with Gasteiger partial charge in [0.15, 0.2) is 0 Å². The topological polar surface area (TPSA) is 80.4 Å². The fraction of sp³-hybridized carbons (Fsp3) is 0.333. The maximum atomic E-state index is 11.1. The average Bonchev–Trinajstić information content (AvgIpc) is 2.29. The molecule has 0 amide bonds. The molecular formula is C12H16ClNO3. The number of Topliss-reactive ketones (excluding diaryl/α,β-unsaturated/α-hetero) is 1. The van der Waals surface area contributed by atoms with Gasteiger partial charge in [0.05, 0.1) is 12.5 Å². The number of hydrogen-bond donors (Lipinski definition) is 2. The quantitative estimate of drug-likeness (QED) is 0.804. The van der Waals surface area contributed by atoms with Crippen molar-refractivity contribution in [2.75, 3.05) is 6.54 Å². The van der Waals surface area contributed by atoms with Gasteiger partial charge in [-0.3, -0.25) is 9.59 Å². The SMILES string of the molecule is Cl.NCC(=O)CC(Cc1ccccc1)C(=O)O. The second-order valence-electron chi connectivity index (χ2n) is 3.67. The first-order chi connectivity index (χ1) is 7.63. The molecule has 3 N–H and O–H groups in total. The van der Waals surface area contributed by atoms with Crippen LogP contribution in [0.25, 0.3) is 0 Å². The molecule has 0 saturated heterocycles. The molecular weight excluding hydrogens is 242 g/mol. The Balaban J connectivity index is 0.00000256. The molecule has 0 heterocycles. The van der Waals surface area contributed by atoms with Crippen LogP contribution in [0.2, 0.25) is 0 Å². The van der Waals surface area contributed by atoms with Gasteiger partial charge in [-0.2, -0.15) is 0 Å². The van der Waals surface area contributed by atoms with Crippen molar-refractivity contribution in [3.8, 4) is 0 Å². The number of halogens is 1. The Morgan fingerprint density at radius 2 is 1.82 bits per heavy atom. The maximum Gasteiger partial charge on any atom is 0.307 e. The Morgan fingerprint density at radius 3 is 2.29 bits per heavy atom. The summed E-state index contributed by atoms with van der Waals surface area (Å²) in [5.74, 6) is -1.85. The second kappa shape index (κ2) is 7.81. The van der Waals surface area contributed by atoms with E-state index < -0.39 is 11.9 Å². The first-order valence-corrected chi connectivity index (χ1v) is 5.12. The highest BCUT2D eigenvalue weighted by Crippen LogP contribution is 2.12. The predicted molar refractivity (Wildman–Crippen MR) is 67.2 cm³/mol. The van der Waals surface area contributed by atoms with Gasteiger partial charge in [-0.15, -0.1) is 12.4 Å². The van der Waals surface area contributed by atoms with Crippen LogP contribution in [0.5, 0.6) is 0 Å². The van der Waals surface area contributed by atoms with Crippen molar-refractivity contribution in [1.29, 1.82) is 0 Å². The standard InChI is InChI=1S/C12H15NO3.ClH/c13-8-11(14)7-10(12(15)16)6-9-4-2-1-3-5-9;/h1-5,10H,6-8,13H2,(H,15,16);1H. The Kier molecular flexibility index (Phi) is 7.18. The fourth-order valence-corrected chi connectivity index (χ4v) is 1.50. The van der Waals surface area contributed by atoms with E-state index in [9.17, 15) is 9.59 Å². The van der Waals surface area contributed by atoms with E-state index in [-0.39, 0.29) is 31.2 Å². The van der Waals surface area contributed by atoms with Gasteiger partial charge in [0.2, 0.25) is 0 Å². The van der Waals surface area contributed by atoms with Crippen LogP contribution in [0.15, 0.2) is 30.3 Å². The van der Waals surface area contributed by atoms with E-state index in [1.807, 2.05) is 30.3 Å². The molecule has 0 aliphatic heterocycles. The maximum absolute atomic E-state index is 11.1. The molecule has 0 aliphatic rings. The zero-order chi connectivity index (χ0) is 12.0. The molecule has 0 aromatic heterocycles. The normalized spacial score (nSPS) is 11.4. The summed E-state index contributed by atoms with van der Waals surface area (Å²) in [6.07, 6.45) is 0.364. The van der Waals surface area contributed by atoms with E-state index in [1.54, 1.807) is 0 Å². The van der Waals surface area contributed by atoms with Crippen LogP contribution in [-0.4, -0.2) is 23.4 Å². The summed E-state index contributed by atoms with van der Waals surface area (Å²) in [4.78, 5) is 22.1. The van der Waals surface area contributed by atoms with E-state index in [0.717, 1.165) is 5.56 Å². The fourth-order valence-electron chi connectivity index (χ4n) is 1.50. The summed E-state index contributed by atoms with van der Waals surface area (Å²) < 4.78 is 0. The molecule has 17 heavy (non-hydrogen) atoms. The summed E-state index contributed by atoms with van der Waals surface area (Å²) >= 11 is 0. The lowest BCUT2D eigenvalue weighted by Crippen LogP contribution is -2.24. The summed E-state index contributed by atoms with van der Waals surface area (Å²) in [5, 5.41) is 8.99. The third-order valence-electron chi connectivity index (χ3n) is 2.38. The largest absolute Gasteiger partial charge is 0.481 e. The molecule has 0 spiro atoms. The number of carboxylic acids is 1. The summed E-state index contributed by atoms with van der Waals surface area (Å²) in [7, 11) is 0. The van der Waals surface area contributed by atoms with Crippen LogP contribution in [0, 0.1) is 5.92 Å². The molecule has 4 nitrogen and oxygen atoms in total. The van der Waals surface area contributed by atoms with Gasteiger partial charge in [-0.1, -0.05) is 30.3 Å². The lowest BCUT2D eigenvalue weighted by atomic mass is 9.94. The summed E-state index contributed by atoms with van der Waals surface area (Å²) in [6, 6.07) is 9.26. The van der Waals surface area contributed by atoms with Crippen LogP contribution in [-0.2, 0) is 16.0 Å². The highest BCUT2D eigenvalue weighted by molar-refractivity contribution is 5.85. The van der Waals surface area contributed by atoms with Crippen LogP contribution in [0.3, 0.4) is 0 Å².